The molecule has 5 aromatic carbocycles. The summed E-state index contributed by atoms with van der Waals surface area (Å²) >= 11 is 1.84. The lowest BCUT2D eigenvalue weighted by Gasteiger charge is -2.11. The number of nitrogens with zero attached hydrogens (tertiary/aromatic N) is 3. The van der Waals surface area contributed by atoms with Crippen LogP contribution in [0.3, 0.4) is 0 Å². The first-order chi connectivity index (χ1) is 19.8. The monoisotopic (exact) mass is 531 g/mol. The Hall–Kier alpha value is -4.93. The number of hydrogen-bond donors (Lipinski definition) is 0. The standard InChI is InChI=1S/C36H25N3S/c1-24-14-13-23-30-33(24)37-36-38(30)28-21-11-12-22-29(28)39(36)35-32(26-17-7-3-8-18-26)31(25-15-5-2-6-16-25)34(40-35)27-19-9-4-10-20-27/h2-23H,1H3. The number of para-hydroxylation sites is 3. The molecule has 0 amide bonds. The van der Waals surface area contributed by atoms with E-state index in [4.69, 9.17) is 4.98 Å². The molecule has 8 rings (SSSR count). The molecule has 8 aromatic rings. The van der Waals surface area contributed by atoms with Crippen molar-refractivity contribution in [3.63, 3.8) is 0 Å². The van der Waals surface area contributed by atoms with Crippen molar-refractivity contribution in [3.05, 3.63) is 139 Å². The molecule has 3 nitrogen and oxygen atoms in total. The van der Waals surface area contributed by atoms with Gasteiger partial charge in [-0.15, -0.1) is 11.3 Å². The normalized spacial score (nSPS) is 11.6. The highest BCUT2D eigenvalue weighted by Crippen LogP contribution is 2.51. The van der Waals surface area contributed by atoms with Gasteiger partial charge in [-0.1, -0.05) is 115 Å². The SMILES string of the molecule is Cc1cccc2c1nc1n(-c3sc(-c4ccccc4)c(-c4ccccc4)c3-c3ccccc3)c3ccccc3n21. The van der Waals surface area contributed by atoms with Crippen LogP contribution in [-0.2, 0) is 0 Å². The molecule has 0 fully saturated rings. The van der Waals surface area contributed by atoms with Crippen molar-refractivity contribution in [3.8, 4) is 37.7 Å². The zero-order valence-electron chi connectivity index (χ0n) is 22.0. The van der Waals surface area contributed by atoms with E-state index in [2.05, 4.69) is 149 Å². The third-order valence-electron chi connectivity index (χ3n) is 7.69. The second-order valence-electron chi connectivity index (χ2n) is 10.1. The number of imidazole rings is 2. The average molecular weight is 532 g/mol. The fraction of sp³-hybridized carbons (Fsp3) is 0.0278. The quantitative estimate of drug-likeness (QED) is 0.222. The largest absolute Gasteiger partial charge is 0.276 e. The number of rotatable bonds is 4. The van der Waals surface area contributed by atoms with Crippen molar-refractivity contribution < 1.29 is 0 Å². The number of aromatic nitrogens is 3. The van der Waals surface area contributed by atoms with Crippen molar-refractivity contribution in [2.24, 2.45) is 0 Å². The van der Waals surface area contributed by atoms with Crippen molar-refractivity contribution in [2.75, 3.05) is 0 Å². The summed E-state index contributed by atoms with van der Waals surface area (Å²) in [4.78, 5) is 6.53. The molecule has 40 heavy (non-hydrogen) atoms. The van der Waals surface area contributed by atoms with Crippen LogP contribution in [0.5, 0.6) is 0 Å². The molecular weight excluding hydrogens is 506 g/mol. The van der Waals surface area contributed by atoms with Gasteiger partial charge in [-0.2, -0.15) is 0 Å². The highest BCUT2D eigenvalue weighted by Gasteiger charge is 2.27. The smallest absolute Gasteiger partial charge is 0.221 e. The number of hydrogen-bond acceptors (Lipinski definition) is 2. The predicted molar refractivity (Wildman–Crippen MR) is 168 cm³/mol. The fourth-order valence-corrected chi connectivity index (χ4v) is 7.25. The molecule has 0 aliphatic carbocycles. The molecule has 0 atom stereocenters. The minimum atomic E-state index is 0.933. The summed E-state index contributed by atoms with van der Waals surface area (Å²) in [7, 11) is 0. The van der Waals surface area contributed by atoms with Gasteiger partial charge in [0.1, 0.15) is 5.00 Å². The minimum absolute atomic E-state index is 0.933. The van der Waals surface area contributed by atoms with Crippen molar-refractivity contribution in [1.82, 2.24) is 14.0 Å². The third kappa shape index (κ3) is 3.40. The molecule has 0 spiro atoms. The summed E-state index contributed by atoms with van der Waals surface area (Å²) in [5.74, 6) is 0.933. The van der Waals surface area contributed by atoms with Gasteiger partial charge < -0.3 is 0 Å². The number of benzene rings is 5. The van der Waals surface area contributed by atoms with Crippen LogP contribution in [-0.4, -0.2) is 14.0 Å². The highest BCUT2D eigenvalue weighted by atomic mass is 32.1. The maximum atomic E-state index is 5.28. The third-order valence-corrected chi connectivity index (χ3v) is 8.91. The van der Waals surface area contributed by atoms with Crippen LogP contribution in [0.25, 0.3) is 65.5 Å². The zero-order valence-corrected chi connectivity index (χ0v) is 22.8. The Labute approximate surface area is 236 Å². The van der Waals surface area contributed by atoms with Gasteiger partial charge in [-0.25, -0.2) is 4.98 Å². The maximum Gasteiger partial charge on any atom is 0.221 e. The summed E-state index contributed by atoms with van der Waals surface area (Å²) in [5.41, 5.74) is 11.7. The van der Waals surface area contributed by atoms with Crippen LogP contribution >= 0.6 is 11.3 Å². The molecule has 4 heteroatoms. The van der Waals surface area contributed by atoms with E-state index in [1.165, 1.54) is 43.3 Å². The molecule has 190 valence electrons. The lowest BCUT2D eigenvalue weighted by atomic mass is 9.94. The fourth-order valence-electron chi connectivity index (χ4n) is 5.89. The Morgan fingerprint density at radius 1 is 0.525 bits per heavy atom. The molecule has 0 aliphatic heterocycles. The van der Waals surface area contributed by atoms with Gasteiger partial charge in [0.05, 0.1) is 22.1 Å². The molecule has 0 bridgehead atoms. The van der Waals surface area contributed by atoms with Crippen LogP contribution in [0.4, 0.5) is 0 Å². The lowest BCUT2D eigenvalue weighted by Crippen LogP contribution is -1.95. The Morgan fingerprint density at radius 2 is 1.07 bits per heavy atom. The minimum Gasteiger partial charge on any atom is -0.276 e. The van der Waals surface area contributed by atoms with E-state index in [-0.39, 0.29) is 0 Å². The summed E-state index contributed by atoms with van der Waals surface area (Å²) in [6, 6.07) is 47.4. The van der Waals surface area contributed by atoms with Gasteiger partial charge in [-0.05, 0) is 47.4 Å². The maximum absolute atomic E-state index is 5.28. The van der Waals surface area contributed by atoms with Gasteiger partial charge in [-0.3, -0.25) is 8.97 Å². The molecule has 0 aliphatic rings. The molecule has 0 N–H and O–H groups in total. The van der Waals surface area contributed by atoms with E-state index in [0.29, 0.717) is 0 Å². The van der Waals surface area contributed by atoms with E-state index in [0.717, 1.165) is 27.8 Å². The van der Waals surface area contributed by atoms with Crippen LogP contribution in [0.2, 0.25) is 0 Å². The van der Waals surface area contributed by atoms with Crippen LogP contribution in [0.1, 0.15) is 5.56 Å². The van der Waals surface area contributed by atoms with E-state index in [1.54, 1.807) is 0 Å². The van der Waals surface area contributed by atoms with Gasteiger partial charge in [0.25, 0.3) is 0 Å². The highest BCUT2D eigenvalue weighted by molar-refractivity contribution is 7.19. The lowest BCUT2D eigenvalue weighted by molar-refractivity contribution is 1.14. The Kier molecular flexibility index (Phi) is 5.22. The molecule has 3 aromatic heterocycles. The first-order valence-electron chi connectivity index (χ1n) is 13.5. The van der Waals surface area contributed by atoms with E-state index in [1.807, 2.05) is 11.3 Å². The second kappa shape index (κ2) is 9.08. The predicted octanol–water partition coefficient (Wildman–Crippen LogP) is 9.80. The van der Waals surface area contributed by atoms with Crippen molar-refractivity contribution in [1.29, 1.82) is 0 Å². The number of fused-ring (bicyclic) bond motifs is 5. The van der Waals surface area contributed by atoms with Crippen molar-refractivity contribution >= 4 is 39.2 Å². The first-order valence-corrected chi connectivity index (χ1v) is 14.3. The second-order valence-corrected chi connectivity index (χ2v) is 11.1. The topological polar surface area (TPSA) is 22.2 Å². The van der Waals surface area contributed by atoms with Gasteiger partial charge >= 0.3 is 0 Å². The van der Waals surface area contributed by atoms with E-state index < -0.39 is 0 Å². The van der Waals surface area contributed by atoms with Crippen LogP contribution in [0.15, 0.2) is 133 Å². The Bertz CT molecular complexity index is 2150. The Morgan fingerprint density at radius 3 is 1.75 bits per heavy atom. The summed E-state index contributed by atoms with van der Waals surface area (Å²) in [6.07, 6.45) is 0. The van der Waals surface area contributed by atoms with Gasteiger partial charge in [0.15, 0.2) is 0 Å². The molecular formula is C36H25N3S. The molecule has 0 saturated carbocycles. The van der Waals surface area contributed by atoms with Gasteiger partial charge in [0, 0.05) is 16.0 Å². The van der Waals surface area contributed by atoms with Crippen molar-refractivity contribution in [2.45, 2.75) is 6.92 Å². The number of thiophene rings is 1. The zero-order chi connectivity index (χ0) is 26.6. The first kappa shape index (κ1) is 23.0. The van der Waals surface area contributed by atoms with E-state index >= 15 is 0 Å². The molecule has 0 saturated heterocycles. The van der Waals surface area contributed by atoms with Crippen LogP contribution < -0.4 is 0 Å². The molecule has 3 heterocycles. The molecule has 0 unspecified atom stereocenters. The Balaban J connectivity index is 1.58. The average Bonchev–Trinajstić information content (AvgIpc) is 3.68. The number of aryl methyl sites for hydroxylation is 1. The van der Waals surface area contributed by atoms with Gasteiger partial charge in [0.2, 0.25) is 5.78 Å². The summed E-state index contributed by atoms with van der Waals surface area (Å²) in [5, 5.41) is 1.17. The summed E-state index contributed by atoms with van der Waals surface area (Å²) in [6.45, 7) is 2.14. The molecule has 0 radical (unpaired) electrons. The van der Waals surface area contributed by atoms with Crippen LogP contribution in [0, 0.1) is 6.92 Å². The van der Waals surface area contributed by atoms with E-state index in [9.17, 15) is 0 Å². The summed E-state index contributed by atoms with van der Waals surface area (Å²) < 4.78 is 4.69.